The Bertz CT molecular complexity index is 591. The van der Waals surface area contributed by atoms with Gasteiger partial charge < -0.3 is 5.41 Å². The van der Waals surface area contributed by atoms with Crippen molar-refractivity contribution in [3.05, 3.63) is 33.5 Å². The first-order valence-corrected chi connectivity index (χ1v) is 6.63. The van der Waals surface area contributed by atoms with Crippen LogP contribution in [0.2, 0.25) is 0 Å². The molecule has 0 aromatic heterocycles. The van der Waals surface area contributed by atoms with Crippen LogP contribution in [0.4, 0.5) is 0 Å². The van der Waals surface area contributed by atoms with Crippen molar-refractivity contribution >= 4 is 23.0 Å². The molecule has 0 spiro atoms. The lowest BCUT2D eigenvalue weighted by molar-refractivity contribution is -0.508. The predicted octanol–water partition coefficient (Wildman–Crippen LogP) is 2.13. The Morgan fingerprint density at radius 2 is 2.15 bits per heavy atom. The maximum absolute atomic E-state index is 11.4. The highest BCUT2D eigenvalue weighted by Gasteiger charge is 2.55. The first-order chi connectivity index (χ1) is 9.15. The Morgan fingerprint density at radius 3 is 2.65 bits per heavy atom. The summed E-state index contributed by atoms with van der Waals surface area (Å²) in [6, 6.07) is -1.20. The normalized spacial score (nSPS) is 31.9. The van der Waals surface area contributed by atoms with Gasteiger partial charge in [-0.05, 0) is 20.0 Å². The van der Waals surface area contributed by atoms with Crippen LogP contribution in [-0.2, 0) is 0 Å². The molecule has 2 atom stereocenters. The zero-order chi connectivity index (χ0) is 15.3. The van der Waals surface area contributed by atoms with Crippen LogP contribution in [0, 0.1) is 20.9 Å². The standard InChI is InChI=1S/C13H17ClN4O2/c1-7-11(18(19)20)13(14,16-4)9-8(17-7)5-6-12(2,3)10(9)15/h5-6,11,15-16H,1-4H3. The van der Waals surface area contributed by atoms with E-state index in [1.54, 1.807) is 20.0 Å². The monoisotopic (exact) mass is 296 g/mol. The second-order valence-corrected chi connectivity index (χ2v) is 6.19. The van der Waals surface area contributed by atoms with Crippen molar-refractivity contribution in [2.45, 2.75) is 31.8 Å². The first-order valence-electron chi connectivity index (χ1n) is 6.25. The van der Waals surface area contributed by atoms with E-state index in [-0.39, 0.29) is 5.71 Å². The van der Waals surface area contributed by atoms with Crippen molar-refractivity contribution in [1.82, 2.24) is 5.32 Å². The molecule has 0 fully saturated rings. The topological polar surface area (TPSA) is 91.4 Å². The molecule has 0 amide bonds. The highest BCUT2D eigenvalue weighted by molar-refractivity contribution is 6.33. The van der Waals surface area contributed by atoms with Gasteiger partial charge in [0.2, 0.25) is 0 Å². The molecule has 0 radical (unpaired) electrons. The summed E-state index contributed by atoms with van der Waals surface area (Å²) < 4.78 is 0. The molecule has 1 aliphatic heterocycles. The van der Waals surface area contributed by atoms with Crippen LogP contribution < -0.4 is 5.32 Å². The molecule has 2 N–H and O–H groups in total. The number of nitro groups is 1. The zero-order valence-corrected chi connectivity index (χ0v) is 12.6. The summed E-state index contributed by atoms with van der Waals surface area (Å²) in [5.41, 5.74) is 0.964. The van der Waals surface area contributed by atoms with Crippen LogP contribution in [0.1, 0.15) is 20.8 Å². The van der Waals surface area contributed by atoms with Gasteiger partial charge in [0, 0.05) is 21.6 Å². The van der Waals surface area contributed by atoms with E-state index in [2.05, 4.69) is 10.3 Å². The molecule has 0 aromatic rings. The van der Waals surface area contributed by atoms with Gasteiger partial charge in [-0.2, -0.15) is 0 Å². The quantitative estimate of drug-likeness (QED) is 0.354. The van der Waals surface area contributed by atoms with E-state index in [1.807, 2.05) is 19.9 Å². The number of nitrogens with zero attached hydrogens (tertiary/aromatic N) is 2. The van der Waals surface area contributed by atoms with E-state index in [9.17, 15) is 10.1 Å². The van der Waals surface area contributed by atoms with Gasteiger partial charge in [-0.15, -0.1) is 0 Å². The Balaban J connectivity index is 2.70. The second-order valence-electron chi connectivity index (χ2n) is 5.59. The molecule has 1 aliphatic carbocycles. The van der Waals surface area contributed by atoms with Crippen molar-refractivity contribution in [2.24, 2.45) is 10.4 Å². The molecule has 6 nitrogen and oxygen atoms in total. The fourth-order valence-electron chi connectivity index (χ4n) is 2.60. The molecule has 2 unspecified atom stereocenters. The van der Waals surface area contributed by atoms with Crippen LogP contribution in [0.15, 0.2) is 28.4 Å². The first kappa shape index (κ1) is 14.9. The van der Waals surface area contributed by atoms with Gasteiger partial charge in [-0.1, -0.05) is 31.5 Å². The Kier molecular flexibility index (Phi) is 3.34. The van der Waals surface area contributed by atoms with Gasteiger partial charge in [0.15, 0.2) is 5.00 Å². The molecule has 0 aromatic carbocycles. The molecular formula is C13H17ClN4O2. The molecule has 0 bridgehead atoms. The summed E-state index contributed by atoms with van der Waals surface area (Å²) in [7, 11) is 1.56. The fraction of sp³-hybridized carbons (Fsp3) is 0.538. The lowest BCUT2D eigenvalue weighted by Crippen LogP contribution is -2.60. The number of halogens is 1. The van der Waals surface area contributed by atoms with Gasteiger partial charge in [-0.3, -0.25) is 20.4 Å². The lowest BCUT2D eigenvalue weighted by atomic mass is 9.73. The van der Waals surface area contributed by atoms with E-state index in [0.717, 1.165) is 0 Å². The summed E-state index contributed by atoms with van der Waals surface area (Å²) in [5.74, 6) is 0. The van der Waals surface area contributed by atoms with E-state index in [1.165, 1.54) is 0 Å². The Hall–Kier alpha value is -1.53. The summed E-state index contributed by atoms with van der Waals surface area (Å²) in [4.78, 5) is 13.7. The number of hydrogen-bond donors (Lipinski definition) is 2. The van der Waals surface area contributed by atoms with Gasteiger partial charge in [-0.25, -0.2) is 0 Å². The van der Waals surface area contributed by atoms with E-state index >= 15 is 0 Å². The summed E-state index contributed by atoms with van der Waals surface area (Å²) in [5, 5.41) is 22.5. The highest BCUT2D eigenvalue weighted by atomic mass is 35.5. The number of likely N-dealkylation sites (N-methyl/N-ethyl adjacent to an activating group) is 1. The SMILES string of the molecule is CNC1(Cl)C2=C(C=CC(C)(C)C2=N)N=C(C)C1[N+](=O)[O-]. The van der Waals surface area contributed by atoms with Crippen LogP contribution in [0.5, 0.6) is 0 Å². The lowest BCUT2D eigenvalue weighted by Gasteiger charge is -2.40. The zero-order valence-electron chi connectivity index (χ0n) is 11.8. The maximum atomic E-state index is 11.4. The molecule has 108 valence electrons. The molecular weight excluding hydrogens is 280 g/mol. The molecule has 0 saturated carbocycles. The summed E-state index contributed by atoms with van der Waals surface area (Å²) in [6.07, 6.45) is 3.64. The van der Waals surface area contributed by atoms with Crippen molar-refractivity contribution in [2.75, 3.05) is 7.05 Å². The Labute approximate surface area is 122 Å². The number of nitrogens with one attached hydrogen (secondary N) is 2. The predicted molar refractivity (Wildman–Crippen MR) is 79.2 cm³/mol. The third-order valence-corrected chi connectivity index (χ3v) is 4.40. The average molecular weight is 297 g/mol. The van der Waals surface area contributed by atoms with Crippen LogP contribution in [0.25, 0.3) is 0 Å². The van der Waals surface area contributed by atoms with Gasteiger partial charge in [0.1, 0.15) is 0 Å². The molecule has 0 saturated heterocycles. The number of aliphatic imine (C=N–C) groups is 1. The molecule has 7 heteroatoms. The molecule has 2 aliphatic rings. The number of hydrogen-bond acceptors (Lipinski definition) is 5. The summed E-state index contributed by atoms with van der Waals surface area (Å²) >= 11 is 6.54. The smallest absolute Gasteiger partial charge is 0.286 e. The van der Waals surface area contributed by atoms with E-state index in [4.69, 9.17) is 17.0 Å². The summed E-state index contributed by atoms with van der Waals surface area (Å²) in [6.45, 7) is 5.33. The second kappa shape index (κ2) is 4.49. The average Bonchev–Trinajstić information content (AvgIpc) is 2.33. The minimum atomic E-state index is -1.45. The Morgan fingerprint density at radius 1 is 1.55 bits per heavy atom. The number of allylic oxidation sites excluding steroid dienone is 2. The molecule has 20 heavy (non-hydrogen) atoms. The number of rotatable bonds is 2. The number of alkyl halides is 1. The highest BCUT2D eigenvalue weighted by Crippen LogP contribution is 2.42. The van der Waals surface area contributed by atoms with E-state index < -0.39 is 21.4 Å². The third-order valence-electron chi connectivity index (χ3n) is 3.82. The largest absolute Gasteiger partial charge is 0.304 e. The van der Waals surface area contributed by atoms with Gasteiger partial charge in [0.25, 0.3) is 6.04 Å². The van der Waals surface area contributed by atoms with Crippen LogP contribution in [0.3, 0.4) is 0 Å². The third kappa shape index (κ3) is 1.91. The van der Waals surface area contributed by atoms with Crippen molar-refractivity contribution < 1.29 is 4.92 Å². The van der Waals surface area contributed by atoms with Crippen LogP contribution in [-0.4, -0.2) is 34.4 Å². The van der Waals surface area contributed by atoms with Gasteiger partial charge >= 0.3 is 0 Å². The maximum Gasteiger partial charge on any atom is 0.286 e. The fourth-order valence-corrected chi connectivity index (χ4v) is 3.03. The van der Waals surface area contributed by atoms with E-state index in [0.29, 0.717) is 17.0 Å². The van der Waals surface area contributed by atoms with Crippen molar-refractivity contribution in [3.63, 3.8) is 0 Å². The van der Waals surface area contributed by atoms with Gasteiger partial charge in [0.05, 0.1) is 11.4 Å². The van der Waals surface area contributed by atoms with Crippen molar-refractivity contribution in [3.8, 4) is 0 Å². The van der Waals surface area contributed by atoms with Crippen LogP contribution >= 0.6 is 11.6 Å². The minimum Gasteiger partial charge on any atom is -0.304 e. The molecule has 1 heterocycles. The molecule has 2 rings (SSSR count). The minimum absolute atomic E-state index is 0.252. The van der Waals surface area contributed by atoms with Crippen molar-refractivity contribution in [1.29, 1.82) is 5.41 Å².